The fourth-order valence-electron chi connectivity index (χ4n) is 5.58. The van der Waals surface area contributed by atoms with Gasteiger partial charge in [0.15, 0.2) is 22.6 Å². The Kier molecular flexibility index (Phi) is 10.7. The molecule has 1 saturated heterocycles. The van der Waals surface area contributed by atoms with Gasteiger partial charge in [-0.25, -0.2) is 19.9 Å². The Morgan fingerprint density at radius 1 is 1.18 bits per heavy atom. The molecule has 5 rings (SSSR count). The number of piperazine rings is 1. The Morgan fingerprint density at radius 2 is 1.92 bits per heavy atom. The van der Waals surface area contributed by atoms with E-state index in [2.05, 4.69) is 25.3 Å². The number of pyridine rings is 1. The lowest BCUT2D eigenvalue weighted by Gasteiger charge is -2.37. The van der Waals surface area contributed by atoms with Gasteiger partial charge in [0.1, 0.15) is 18.2 Å². The number of aliphatic hydroxyl groups excluding tert-OH is 1. The molecule has 1 aliphatic rings. The van der Waals surface area contributed by atoms with Crippen molar-refractivity contribution in [2.45, 2.75) is 39.2 Å². The number of fused-ring (bicyclic) bond motifs is 1. The van der Waals surface area contributed by atoms with Crippen molar-refractivity contribution in [3.8, 4) is 5.75 Å². The Labute approximate surface area is 283 Å². The summed E-state index contributed by atoms with van der Waals surface area (Å²) >= 11 is 6.13. The summed E-state index contributed by atoms with van der Waals surface area (Å²) in [6.07, 6.45) is 0.421. The lowest BCUT2D eigenvalue weighted by molar-refractivity contribution is -0.137. The number of aryl methyl sites for hydroxylation is 1. The zero-order valence-electron chi connectivity index (χ0n) is 26.8. The molecule has 0 radical (unpaired) electrons. The van der Waals surface area contributed by atoms with Gasteiger partial charge in [0.05, 0.1) is 47.0 Å². The number of nitrogens with one attached hydrogen (secondary N) is 1. The number of nitrogens with zero attached hydrogens (tertiary/aromatic N) is 7. The number of hydrogen-bond donors (Lipinski definition) is 3. The second-order valence-electron chi connectivity index (χ2n) is 11.2. The van der Waals surface area contributed by atoms with Gasteiger partial charge < -0.3 is 34.6 Å². The molecule has 1 aliphatic heterocycles. The van der Waals surface area contributed by atoms with E-state index in [1.54, 1.807) is 23.6 Å². The summed E-state index contributed by atoms with van der Waals surface area (Å²) in [6, 6.07) is 2.75. The van der Waals surface area contributed by atoms with Crippen LogP contribution < -0.4 is 15.6 Å². The van der Waals surface area contributed by atoms with E-state index in [0.717, 1.165) is 18.2 Å². The van der Waals surface area contributed by atoms with Crippen LogP contribution >= 0.6 is 11.6 Å². The van der Waals surface area contributed by atoms with Crippen LogP contribution in [0.15, 0.2) is 41.6 Å². The maximum Gasteiger partial charge on any atom is 0.416 e. The van der Waals surface area contributed by atoms with Crippen molar-refractivity contribution >= 4 is 46.1 Å². The Morgan fingerprint density at radius 3 is 2.57 bits per heavy atom. The standard InChI is InChI=1S/C32H34ClF3N8O5/c1-4-23-27(42-9-11-43(12-10-42)31(48)26-28(46)18(2)38-17-39-26)29(47)25-30(37-15-20(40-25)6-5-13-49-3)44(23)16-24(45)41-22-8-7-19(14-21(22)33)32(34,35)36/h5-8,14-15,17,24,41,45-46H,4,9-13,16H2,1-3H3/b6-5+. The van der Waals surface area contributed by atoms with Crippen molar-refractivity contribution in [3.05, 3.63) is 80.4 Å². The van der Waals surface area contributed by atoms with Gasteiger partial charge >= 0.3 is 6.18 Å². The third kappa shape index (κ3) is 7.60. The number of benzene rings is 1. The molecule has 13 nitrogen and oxygen atoms in total. The van der Waals surface area contributed by atoms with Crippen molar-refractivity contribution in [1.29, 1.82) is 0 Å². The molecule has 1 amide bonds. The summed E-state index contributed by atoms with van der Waals surface area (Å²) in [6.45, 7) is 4.47. The molecule has 1 atom stereocenters. The summed E-state index contributed by atoms with van der Waals surface area (Å²) in [5.41, 5.74) is 0.379. The second-order valence-corrected chi connectivity index (χ2v) is 11.6. The first kappa shape index (κ1) is 35.5. The van der Waals surface area contributed by atoms with Crippen molar-refractivity contribution in [3.63, 3.8) is 0 Å². The number of aromatic hydroxyl groups is 1. The minimum absolute atomic E-state index is 0.0337. The highest BCUT2D eigenvalue weighted by atomic mass is 35.5. The molecule has 1 aromatic carbocycles. The summed E-state index contributed by atoms with van der Waals surface area (Å²) in [4.78, 5) is 47.7. The average Bonchev–Trinajstić information content (AvgIpc) is 3.07. The molecule has 1 unspecified atom stereocenters. The smallest absolute Gasteiger partial charge is 0.416 e. The largest absolute Gasteiger partial charge is 0.504 e. The fourth-order valence-corrected chi connectivity index (χ4v) is 5.82. The van der Waals surface area contributed by atoms with Gasteiger partial charge in [0.2, 0.25) is 5.43 Å². The van der Waals surface area contributed by atoms with E-state index in [4.69, 9.17) is 16.3 Å². The molecule has 3 N–H and O–H groups in total. The number of methoxy groups -OCH3 is 1. The number of anilines is 2. The maximum atomic E-state index is 14.2. The summed E-state index contributed by atoms with van der Waals surface area (Å²) in [7, 11) is 1.54. The Balaban J connectivity index is 1.50. The third-order valence-electron chi connectivity index (χ3n) is 8.01. The molecule has 0 bridgehead atoms. The lowest BCUT2D eigenvalue weighted by Crippen LogP contribution is -2.50. The SMILES string of the molecule is CCc1c(N2CCN(C(=O)c3ncnc(C)c3O)CC2)c(=O)c2nc(/C=C/COC)cnc2n1CC(O)Nc1ccc(C(F)(F)F)cc1Cl. The Hall–Kier alpha value is -4.80. The van der Waals surface area contributed by atoms with E-state index < -0.39 is 29.3 Å². The molecule has 4 heterocycles. The zero-order valence-corrected chi connectivity index (χ0v) is 27.6. The Bertz CT molecular complexity index is 1950. The van der Waals surface area contributed by atoms with Gasteiger partial charge in [-0.15, -0.1) is 0 Å². The summed E-state index contributed by atoms with van der Waals surface area (Å²) < 4.78 is 46.2. The van der Waals surface area contributed by atoms with Crippen molar-refractivity contribution in [2.24, 2.45) is 0 Å². The normalized spacial score (nSPS) is 14.5. The van der Waals surface area contributed by atoms with Crippen LogP contribution in [0.1, 0.15) is 40.1 Å². The van der Waals surface area contributed by atoms with Crippen LogP contribution in [0.4, 0.5) is 24.5 Å². The predicted molar refractivity (Wildman–Crippen MR) is 177 cm³/mol. The highest BCUT2D eigenvalue weighted by molar-refractivity contribution is 6.33. The second kappa shape index (κ2) is 14.8. The van der Waals surface area contributed by atoms with Crippen LogP contribution in [0.3, 0.4) is 0 Å². The third-order valence-corrected chi connectivity index (χ3v) is 8.32. The highest BCUT2D eigenvalue weighted by Crippen LogP contribution is 2.34. The molecule has 260 valence electrons. The minimum atomic E-state index is -4.59. The van der Waals surface area contributed by atoms with Crippen LogP contribution in [0.5, 0.6) is 5.75 Å². The first-order valence-corrected chi connectivity index (χ1v) is 15.7. The average molecular weight is 703 g/mol. The van der Waals surface area contributed by atoms with Gasteiger partial charge in [-0.3, -0.25) is 9.59 Å². The van der Waals surface area contributed by atoms with Crippen molar-refractivity contribution in [2.75, 3.05) is 50.1 Å². The van der Waals surface area contributed by atoms with E-state index in [-0.39, 0.29) is 71.7 Å². The molecule has 49 heavy (non-hydrogen) atoms. The number of rotatable bonds is 10. The van der Waals surface area contributed by atoms with Crippen LogP contribution in [0.25, 0.3) is 17.2 Å². The van der Waals surface area contributed by atoms with Crippen molar-refractivity contribution in [1.82, 2.24) is 29.4 Å². The first-order chi connectivity index (χ1) is 23.3. The number of ether oxygens (including phenoxy) is 1. The van der Waals surface area contributed by atoms with Crippen LogP contribution in [-0.4, -0.2) is 91.6 Å². The molecular weight excluding hydrogens is 669 g/mol. The number of aliphatic hydroxyl groups is 1. The zero-order chi connectivity index (χ0) is 35.5. The van der Waals surface area contributed by atoms with Crippen LogP contribution in [-0.2, 0) is 23.9 Å². The van der Waals surface area contributed by atoms with Gasteiger partial charge in [0.25, 0.3) is 5.91 Å². The number of halogens is 4. The topological polar surface area (TPSA) is 159 Å². The molecular formula is C32H34ClF3N8O5. The summed E-state index contributed by atoms with van der Waals surface area (Å²) in [5, 5.41) is 24.0. The number of alkyl halides is 3. The van der Waals surface area contributed by atoms with E-state index in [0.29, 0.717) is 30.1 Å². The van der Waals surface area contributed by atoms with Gasteiger partial charge in [-0.1, -0.05) is 24.6 Å². The minimum Gasteiger partial charge on any atom is -0.504 e. The molecule has 0 aliphatic carbocycles. The lowest BCUT2D eigenvalue weighted by atomic mass is 10.1. The maximum absolute atomic E-state index is 14.2. The predicted octanol–water partition coefficient (Wildman–Crippen LogP) is 3.88. The number of carbonyl (C=O) groups excluding carboxylic acids is 1. The molecule has 0 spiro atoms. The van der Waals surface area contributed by atoms with Gasteiger partial charge in [-0.2, -0.15) is 13.2 Å². The molecule has 0 saturated carbocycles. The number of hydrogen-bond acceptors (Lipinski definition) is 11. The molecule has 1 fully saturated rings. The number of carbonyl (C=O) groups is 1. The molecule has 3 aromatic heterocycles. The van der Waals surface area contributed by atoms with Crippen molar-refractivity contribution < 1.29 is 32.9 Å². The fraction of sp³-hybridized carbons (Fsp3) is 0.375. The van der Waals surface area contributed by atoms with E-state index >= 15 is 0 Å². The van der Waals surface area contributed by atoms with Crippen LogP contribution in [0.2, 0.25) is 5.02 Å². The van der Waals surface area contributed by atoms with Crippen LogP contribution in [0, 0.1) is 6.92 Å². The monoisotopic (exact) mass is 702 g/mol. The quantitative estimate of drug-likeness (QED) is 0.206. The summed E-state index contributed by atoms with van der Waals surface area (Å²) in [5.74, 6) is -0.761. The van der Waals surface area contributed by atoms with Gasteiger partial charge in [-0.05, 0) is 37.6 Å². The highest BCUT2D eigenvalue weighted by Gasteiger charge is 2.32. The van der Waals surface area contributed by atoms with E-state index in [1.807, 2.05) is 11.8 Å². The van der Waals surface area contributed by atoms with Gasteiger partial charge in [0, 0.05) is 39.0 Å². The molecule has 17 heteroatoms. The molecule has 4 aromatic rings. The first-order valence-electron chi connectivity index (χ1n) is 15.3. The van der Waals surface area contributed by atoms with E-state index in [1.165, 1.54) is 24.5 Å². The number of aromatic nitrogens is 5. The van der Waals surface area contributed by atoms with E-state index in [9.17, 15) is 33.0 Å². The number of amides is 1.